The molecule has 0 N–H and O–H groups in total. The molecule has 1 aliphatic rings. The second-order valence-corrected chi connectivity index (χ2v) is 6.99. The van der Waals surface area contributed by atoms with Crippen LogP contribution in [0.2, 0.25) is 0 Å². The van der Waals surface area contributed by atoms with Gasteiger partial charge in [-0.15, -0.1) is 4.58 Å². The van der Waals surface area contributed by atoms with E-state index in [4.69, 9.17) is 0 Å². The van der Waals surface area contributed by atoms with E-state index in [0.29, 0.717) is 10.0 Å². The van der Waals surface area contributed by atoms with Crippen LogP contribution >= 0.6 is 0 Å². The van der Waals surface area contributed by atoms with Gasteiger partial charge in [-0.2, -0.15) is 5.26 Å². The summed E-state index contributed by atoms with van der Waals surface area (Å²) in [7, 11) is 2.25. The van der Waals surface area contributed by atoms with Gasteiger partial charge < -0.3 is 0 Å². The Morgan fingerprint density at radius 2 is 1.77 bits per heavy atom. The Labute approximate surface area is 154 Å². The van der Waals surface area contributed by atoms with Crippen molar-refractivity contribution in [1.29, 1.82) is 5.26 Å². The van der Waals surface area contributed by atoms with Crippen molar-refractivity contribution in [2.75, 3.05) is 13.7 Å². The molecule has 4 rings (SSSR count). The number of fused-ring (bicyclic) bond motifs is 1. The highest BCUT2D eigenvalue weighted by Gasteiger charge is 2.39. The summed E-state index contributed by atoms with van der Waals surface area (Å²) in [5.41, 5.74) is 6.70. The van der Waals surface area contributed by atoms with Crippen LogP contribution in [0.25, 0.3) is 0 Å². The maximum absolute atomic E-state index is 9.25. The predicted octanol–water partition coefficient (Wildman–Crippen LogP) is 4.87. The number of rotatable bonds is 2. The quantitative estimate of drug-likeness (QED) is 0.483. The number of nitrogens with zero attached hydrogens (tertiary/aromatic N) is 3. The zero-order chi connectivity index (χ0) is 18.1. The summed E-state index contributed by atoms with van der Waals surface area (Å²) in [6, 6.07) is 27.3. The first-order valence-corrected chi connectivity index (χ1v) is 8.74. The molecule has 26 heavy (non-hydrogen) atoms. The highest BCUT2D eigenvalue weighted by atomic mass is 15.4. The van der Waals surface area contributed by atoms with E-state index in [1.807, 2.05) is 18.2 Å². The van der Waals surface area contributed by atoms with Crippen LogP contribution in [-0.4, -0.2) is 24.5 Å². The second-order valence-electron chi connectivity index (χ2n) is 6.99. The fraction of sp³-hybridized carbons (Fsp3) is 0.130. The van der Waals surface area contributed by atoms with Crippen molar-refractivity contribution in [3.8, 4) is 6.07 Å². The summed E-state index contributed by atoms with van der Waals surface area (Å²) < 4.78 is 2.93. The zero-order valence-electron chi connectivity index (χ0n) is 15.1. The van der Waals surface area contributed by atoms with Gasteiger partial charge in [-0.05, 0) is 36.8 Å². The maximum atomic E-state index is 9.25. The zero-order valence-corrected chi connectivity index (χ0v) is 15.1. The van der Waals surface area contributed by atoms with Crippen LogP contribution < -0.4 is 4.48 Å². The van der Waals surface area contributed by atoms with Gasteiger partial charge in [-0.1, -0.05) is 30.3 Å². The summed E-state index contributed by atoms with van der Waals surface area (Å²) in [6.07, 6.45) is 2.20. The minimum Gasteiger partial charge on any atom is -0.206 e. The number of quaternary nitrogens is 1. The van der Waals surface area contributed by atoms with E-state index in [-0.39, 0.29) is 0 Å². The molecule has 0 aliphatic carbocycles. The molecule has 0 bridgehead atoms. The van der Waals surface area contributed by atoms with Crippen molar-refractivity contribution in [2.45, 2.75) is 6.92 Å². The van der Waals surface area contributed by atoms with Crippen LogP contribution in [0.3, 0.4) is 0 Å². The first-order chi connectivity index (χ1) is 12.6. The Kier molecular flexibility index (Phi) is 3.91. The van der Waals surface area contributed by atoms with Crippen molar-refractivity contribution in [3.63, 3.8) is 0 Å². The monoisotopic (exact) mass is 339 g/mol. The van der Waals surface area contributed by atoms with Crippen LogP contribution in [0.5, 0.6) is 0 Å². The molecule has 0 fully saturated rings. The Balaban J connectivity index is 1.92. The van der Waals surface area contributed by atoms with E-state index in [0.717, 1.165) is 12.4 Å². The van der Waals surface area contributed by atoms with Crippen LogP contribution in [-0.2, 0) is 0 Å². The molecule has 3 aromatic rings. The third kappa shape index (κ3) is 2.71. The lowest BCUT2D eigenvalue weighted by Gasteiger charge is -2.34. The molecule has 0 radical (unpaired) electrons. The molecule has 0 amide bonds. The van der Waals surface area contributed by atoms with Gasteiger partial charge in [0.1, 0.15) is 11.3 Å². The topological polar surface area (TPSA) is 26.8 Å². The fourth-order valence-corrected chi connectivity index (χ4v) is 3.70. The average Bonchev–Trinajstić information content (AvgIpc) is 2.68. The molecule has 1 unspecified atom stereocenters. The van der Waals surface area contributed by atoms with E-state index >= 15 is 0 Å². The molecular weight excluding hydrogens is 318 g/mol. The van der Waals surface area contributed by atoms with E-state index in [1.54, 1.807) is 0 Å². The molecule has 0 saturated carbocycles. The summed E-state index contributed by atoms with van der Waals surface area (Å²) in [5, 5.41) is 9.25. The van der Waals surface area contributed by atoms with Gasteiger partial charge in [0.15, 0.2) is 11.9 Å². The summed E-state index contributed by atoms with van der Waals surface area (Å²) >= 11 is 0. The minimum absolute atomic E-state index is 0.680. The molecule has 3 nitrogen and oxygen atoms in total. The first-order valence-electron chi connectivity index (χ1n) is 8.74. The van der Waals surface area contributed by atoms with E-state index in [9.17, 15) is 5.26 Å². The minimum atomic E-state index is 0.680. The molecule has 3 heteroatoms. The van der Waals surface area contributed by atoms with Gasteiger partial charge >= 0.3 is 0 Å². The third-order valence-corrected chi connectivity index (χ3v) is 5.08. The fourth-order valence-electron chi connectivity index (χ4n) is 3.70. The SMILES string of the molecule is Cc1ccc2c(c1)C=[N+](c1cccc(C#N)c1)C[N+]2(C)c1ccccc1. The molecular formula is C23H21N3+2. The van der Waals surface area contributed by atoms with Gasteiger partial charge in [0.2, 0.25) is 5.69 Å². The van der Waals surface area contributed by atoms with Crippen molar-refractivity contribution in [1.82, 2.24) is 4.48 Å². The van der Waals surface area contributed by atoms with Crippen LogP contribution in [0.15, 0.2) is 72.8 Å². The lowest BCUT2D eigenvalue weighted by molar-refractivity contribution is -0.456. The van der Waals surface area contributed by atoms with E-state index in [1.165, 1.54) is 22.5 Å². The van der Waals surface area contributed by atoms with Gasteiger partial charge in [-0.3, -0.25) is 0 Å². The summed E-state index contributed by atoms with van der Waals surface area (Å²) in [5.74, 6) is 0. The molecule has 1 heterocycles. The lowest BCUT2D eigenvalue weighted by atomic mass is 10.0. The summed E-state index contributed by atoms with van der Waals surface area (Å²) in [6.45, 7) is 2.89. The van der Waals surface area contributed by atoms with Crippen molar-refractivity contribution in [2.24, 2.45) is 0 Å². The normalized spacial score (nSPS) is 18.6. The van der Waals surface area contributed by atoms with Crippen molar-refractivity contribution < 1.29 is 4.58 Å². The Morgan fingerprint density at radius 3 is 2.54 bits per heavy atom. The Hall–Kier alpha value is -3.22. The second kappa shape index (κ2) is 6.25. The van der Waals surface area contributed by atoms with Gasteiger partial charge in [-0.25, -0.2) is 4.48 Å². The molecule has 0 spiro atoms. The van der Waals surface area contributed by atoms with Gasteiger partial charge in [0, 0.05) is 18.2 Å². The number of hydrogen-bond donors (Lipinski definition) is 0. The number of para-hydroxylation sites is 1. The molecule has 1 aliphatic heterocycles. The number of hydrogen-bond acceptors (Lipinski definition) is 1. The number of nitriles is 1. The number of benzene rings is 3. The smallest absolute Gasteiger partial charge is 0.206 e. The predicted molar refractivity (Wildman–Crippen MR) is 106 cm³/mol. The maximum Gasteiger partial charge on any atom is 0.285 e. The highest BCUT2D eigenvalue weighted by Crippen LogP contribution is 2.38. The lowest BCUT2D eigenvalue weighted by Crippen LogP contribution is -2.48. The van der Waals surface area contributed by atoms with Gasteiger partial charge in [0.05, 0.1) is 18.7 Å². The van der Waals surface area contributed by atoms with Crippen LogP contribution in [0, 0.1) is 18.3 Å². The molecule has 0 saturated heterocycles. The Morgan fingerprint density at radius 1 is 0.962 bits per heavy atom. The molecule has 0 aromatic heterocycles. The standard InChI is InChI=1S/C23H21N3/c1-18-11-12-23-20(13-18)16-25(21-8-6-7-19(14-21)15-24)17-26(23,2)22-9-4-3-5-10-22/h3-14,16H,17H2,1-2H3/q+2. The van der Waals surface area contributed by atoms with Gasteiger partial charge in [0.25, 0.3) is 6.67 Å². The highest BCUT2D eigenvalue weighted by molar-refractivity contribution is 5.88. The first kappa shape index (κ1) is 16.3. The molecule has 3 aromatic carbocycles. The van der Waals surface area contributed by atoms with Crippen molar-refractivity contribution in [3.05, 3.63) is 89.5 Å². The van der Waals surface area contributed by atoms with E-state index < -0.39 is 0 Å². The van der Waals surface area contributed by atoms with Crippen LogP contribution in [0.4, 0.5) is 17.1 Å². The van der Waals surface area contributed by atoms with E-state index in [2.05, 4.69) is 85.4 Å². The average molecular weight is 339 g/mol. The third-order valence-electron chi connectivity index (χ3n) is 5.08. The molecule has 1 atom stereocenters. The summed E-state index contributed by atoms with van der Waals surface area (Å²) in [4.78, 5) is 0. The molecule has 126 valence electrons. The largest absolute Gasteiger partial charge is 0.285 e. The Bertz CT molecular complexity index is 1040. The van der Waals surface area contributed by atoms with Crippen molar-refractivity contribution >= 4 is 23.3 Å². The van der Waals surface area contributed by atoms with Crippen LogP contribution in [0.1, 0.15) is 16.7 Å². The number of aryl methyl sites for hydroxylation is 1.